The molecule has 9 heteroatoms. The van der Waals surface area contributed by atoms with Gasteiger partial charge in [-0.15, -0.1) is 0 Å². The van der Waals surface area contributed by atoms with Crippen LogP contribution in [0.2, 0.25) is 0 Å². The van der Waals surface area contributed by atoms with Crippen LogP contribution in [0.4, 0.5) is 11.4 Å². The van der Waals surface area contributed by atoms with E-state index >= 15 is 0 Å². The maximum Gasteiger partial charge on any atom is 0.311 e. The highest BCUT2D eigenvalue weighted by Crippen LogP contribution is 2.45. The molecule has 1 heterocycles. The molecule has 3 aromatic carbocycles. The summed E-state index contributed by atoms with van der Waals surface area (Å²) in [4.78, 5) is 39.0. The molecule has 1 aliphatic heterocycles. The van der Waals surface area contributed by atoms with E-state index in [1.54, 1.807) is 18.2 Å². The number of carbonyl (C=O) groups is 2. The molecule has 0 spiro atoms. The number of aryl methyl sites for hydroxylation is 2. The summed E-state index contributed by atoms with van der Waals surface area (Å²) in [7, 11) is 1.29. The Balaban J connectivity index is 1.72. The average molecular weight is 539 g/mol. The summed E-state index contributed by atoms with van der Waals surface area (Å²) in [5, 5.41) is 23.0. The number of aliphatic hydroxyl groups is 1. The number of halogens is 1. The van der Waals surface area contributed by atoms with Gasteiger partial charge in [-0.05, 0) is 55.3 Å². The molecule has 0 aliphatic carbocycles. The molecule has 180 valence electrons. The van der Waals surface area contributed by atoms with Crippen LogP contribution in [-0.2, 0) is 16.9 Å². The van der Waals surface area contributed by atoms with Gasteiger partial charge in [0.15, 0.2) is 17.1 Å². The molecular formula is C26H23BrN2O6. The highest BCUT2D eigenvalue weighted by atomic mass is 79.9. The van der Waals surface area contributed by atoms with E-state index in [9.17, 15) is 24.8 Å². The van der Waals surface area contributed by atoms with Gasteiger partial charge in [0.05, 0.1) is 30.7 Å². The topological polar surface area (TPSA) is 110 Å². The molecule has 0 fully saturated rings. The van der Waals surface area contributed by atoms with Crippen LogP contribution in [0.1, 0.15) is 39.0 Å². The van der Waals surface area contributed by atoms with E-state index < -0.39 is 28.6 Å². The molecule has 3 aromatic rings. The van der Waals surface area contributed by atoms with E-state index in [-0.39, 0.29) is 23.5 Å². The molecule has 0 aromatic heterocycles. The molecular weight excluding hydrogens is 516 g/mol. The van der Waals surface area contributed by atoms with Crippen molar-refractivity contribution < 1.29 is 24.4 Å². The van der Waals surface area contributed by atoms with Gasteiger partial charge in [-0.25, -0.2) is 0 Å². The lowest BCUT2D eigenvalue weighted by atomic mass is 9.88. The molecule has 4 rings (SSSR count). The third-order valence-corrected chi connectivity index (χ3v) is 6.73. The summed E-state index contributed by atoms with van der Waals surface area (Å²) in [6.07, 6.45) is -0.567. The monoisotopic (exact) mass is 538 g/mol. The van der Waals surface area contributed by atoms with E-state index in [2.05, 4.69) is 15.9 Å². The molecule has 1 N–H and O–H groups in total. The van der Waals surface area contributed by atoms with Gasteiger partial charge >= 0.3 is 5.69 Å². The van der Waals surface area contributed by atoms with E-state index in [1.165, 1.54) is 24.1 Å². The van der Waals surface area contributed by atoms with Crippen molar-refractivity contribution in [1.82, 2.24) is 0 Å². The number of nitrogens with zero attached hydrogens (tertiary/aromatic N) is 2. The number of methoxy groups -OCH3 is 1. The van der Waals surface area contributed by atoms with Gasteiger partial charge < -0.3 is 14.7 Å². The first kappa shape index (κ1) is 24.6. The van der Waals surface area contributed by atoms with Crippen LogP contribution in [-0.4, -0.2) is 28.8 Å². The lowest BCUT2D eigenvalue weighted by Crippen LogP contribution is -2.41. The fourth-order valence-corrected chi connectivity index (χ4v) is 4.69. The number of anilines is 1. The van der Waals surface area contributed by atoms with Gasteiger partial charge in [0.2, 0.25) is 0 Å². The van der Waals surface area contributed by atoms with Gasteiger partial charge in [-0.1, -0.05) is 39.7 Å². The highest BCUT2D eigenvalue weighted by molar-refractivity contribution is 9.10. The number of carbonyl (C=O) groups excluding carboxylic acids is 2. The van der Waals surface area contributed by atoms with Gasteiger partial charge in [-0.3, -0.25) is 19.7 Å². The number of nitro benzene ring substituents is 1. The summed E-state index contributed by atoms with van der Waals surface area (Å²) < 4.78 is 5.63. The maximum absolute atomic E-state index is 13.6. The Labute approximate surface area is 210 Å². The number of rotatable bonds is 7. The largest absolute Gasteiger partial charge is 0.490 e. The SMILES string of the molecule is COc1ccc(C(=O)CC2(O)C(=O)N(Cc3cc(C)ccc3C)c3ccc(Br)cc32)cc1[N+](=O)[O-]. The Hall–Kier alpha value is -3.56. The van der Waals surface area contributed by atoms with Crippen LogP contribution in [0.3, 0.4) is 0 Å². The summed E-state index contributed by atoms with van der Waals surface area (Å²) in [5.74, 6) is -1.22. The van der Waals surface area contributed by atoms with Crippen molar-refractivity contribution in [3.63, 3.8) is 0 Å². The number of ether oxygens (including phenoxy) is 1. The number of hydrogen-bond acceptors (Lipinski definition) is 6. The molecule has 1 amide bonds. The van der Waals surface area contributed by atoms with Crippen molar-refractivity contribution in [1.29, 1.82) is 0 Å². The minimum Gasteiger partial charge on any atom is -0.490 e. The number of benzene rings is 3. The van der Waals surface area contributed by atoms with Crippen LogP contribution in [0.5, 0.6) is 5.75 Å². The zero-order chi connectivity index (χ0) is 25.5. The first-order chi connectivity index (χ1) is 16.5. The standard InChI is InChI=1S/C26H23BrN2O6/c1-15-4-5-16(2)18(10-15)14-28-21-8-7-19(27)12-20(21)26(32,25(28)31)13-23(30)17-6-9-24(35-3)22(11-17)29(33)34/h4-12,32H,13-14H2,1-3H3. The van der Waals surface area contributed by atoms with E-state index in [4.69, 9.17) is 4.74 Å². The summed E-state index contributed by atoms with van der Waals surface area (Å²) in [6.45, 7) is 4.14. The lowest BCUT2D eigenvalue weighted by molar-refractivity contribution is -0.385. The summed E-state index contributed by atoms with van der Waals surface area (Å²) in [6, 6.07) is 14.9. The second-order valence-electron chi connectivity index (χ2n) is 8.59. The zero-order valence-electron chi connectivity index (χ0n) is 19.4. The van der Waals surface area contributed by atoms with Gasteiger partial charge in [0.25, 0.3) is 5.91 Å². The van der Waals surface area contributed by atoms with Gasteiger partial charge in [-0.2, -0.15) is 0 Å². The normalized spacial score (nSPS) is 16.8. The summed E-state index contributed by atoms with van der Waals surface area (Å²) in [5.41, 5.74) is 1.29. The lowest BCUT2D eigenvalue weighted by Gasteiger charge is -2.23. The van der Waals surface area contributed by atoms with E-state index in [0.29, 0.717) is 15.7 Å². The third-order valence-electron chi connectivity index (χ3n) is 6.24. The second kappa shape index (κ2) is 9.24. The van der Waals surface area contributed by atoms with Crippen LogP contribution < -0.4 is 9.64 Å². The molecule has 0 saturated heterocycles. The molecule has 8 nitrogen and oxygen atoms in total. The Morgan fingerprint density at radius 2 is 1.89 bits per heavy atom. The molecule has 1 atom stereocenters. The number of hydrogen-bond donors (Lipinski definition) is 1. The predicted molar refractivity (Wildman–Crippen MR) is 134 cm³/mol. The first-order valence-electron chi connectivity index (χ1n) is 10.8. The molecule has 0 radical (unpaired) electrons. The van der Waals surface area contributed by atoms with Crippen LogP contribution in [0.25, 0.3) is 0 Å². The Morgan fingerprint density at radius 3 is 2.57 bits per heavy atom. The fraction of sp³-hybridized carbons (Fsp3) is 0.231. The number of ketones is 1. The van der Waals surface area contributed by atoms with Crippen molar-refractivity contribution in [2.75, 3.05) is 12.0 Å². The fourth-order valence-electron chi connectivity index (χ4n) is 4.33. The number of fused-ring (bicyclic) bond motifs is 1. The molecule has 1 unspecified atom stereocenters. The quantitative estimate of drug-likeness (QED) is 0.257. The molecule has 0 bridgehead atoms. The van der Waals surface area contributed by atoms with Gasteiger partial charge in [0, 0.05) is 21.7 Å². The zero-order valence-corrected chi connectivity index (χ0v) is 21.0. The number of nitro groups is 1. The van der Waals surface area contributed by atoms with Crippen LogP contribution in [0.15, 0.2) is 59.1 Å². The molecule has 0 saturated carbocycles. The van der Waals surface area contributed by atoms with Crippen molar-refractivity contribution in [2.24, 2.45) is 0 Å². The molecule has 35 heavy (non-hydrogen) atoms. The van der Waals surface area contributed by atoms with Gasteiger partial charge in [0.1, 0.15) is 0 Å². The first-order valence-corrected chi connectivity index (χ1v) is 11.6. The Kier molecular flexibility index (Phi) is 6.48. The van der Waals surface area contributed by atoms with Crippen molar-refractivity contribution in [3.8, 4) is 5.75 Å². The average Bonchev–Trinajstić information content (AvgIpc) is 3.02. The second-order valence-corrected chi connectivity index (χ2v) is 9.50. The highest BCUT2D eigenvalue weighted by Gasteiger charge is 2.51. The summed E-state index contributed by atoms with van der Waals surface area (Å²) >= 11 is 3.38. The van der Waals surface area contributed by atoms with E-state index in [1.807, 2.05) is 32.0 Å². The van der Waals surface area contributed by atoms with Crippen molar-refractivity contribution >= 4 is 39.0 Å². The van der Waals surface area contributed by atoms with E-state index in [0.717, 1.165) is 22.8 Å². The Morgan fingerprint density at radius 1 is 1.14 bits per heavy atom. The third kappa shape index (κ3) is 4.44. The number of Topliss-reactive ketones (excluding diaryl/α,β-unsaturated/α-hetero) is 1. The number of amides is 1. The van der Waals surface area contributed by atoms with Crippen molar-refractivity contribution in [2.45, 2.75) is 32.4 Å². The van der Waals surface area contributed by atoms with Crippen LogP contribution >= 0.6 is 15.9 Å². The van der Waals surface area contributed by atoms with Crippen molar-refractivity contribution in [3.05, 3.63) is 97.0 Å². The minimum absolute atomic E-state index is 0.00301. The Bertz CT molecular complexity index is 1370. The molecule has 1 aliphatic rings. The predicted octanol–water partition coefficient (Wildman–Crippen LogP) is 4.99. The maximum atomic E-state index is 13.6. The minimum atomic E-state index is -2.12. The smallest absolute Gasteiger partial charge is 0.311 e. The van der Waals surface area contributed by atoms with Crippen LogP contribution in [0, 0.1) is 24.0 Å².